The standard InChI is InChI=1S/C14H25NS/c1-4-6-7-8-9-10-11-14-15-13(5-2)12(3)16-14/h4-11H2,1-3H3. The van der Waals surface area contributed by atoms with Crippen molar-refractivity contribution < 1.29 is 0 Å². The van der Waals surface area contributed by atoms with Gasteiger partial charge in [-0.25, -0.2) is 4.98 Å². The van der Waals surface area contributed by atoms with E-state index < -0.39 is 0 Å². The van der Waals surface area contributed by atoms with Crippen LogP contribution in [0.25, 0.3) is 0 Å². The zero-order valence-electron chi connectivity index (χ0n) is 11.0. The Balaban J connectivity index is 2.16. The molecule has 1 rings (SSSR count). The molecule has 0 aliphatic heterocycles. The van der Waals surface area contributed by atoms with Crippen molar-refractivity contribution in [2.45, 2.75) is 72.1 Å². The van der Waals surface area contributed by atoms with E-state index in [0.29, 0.717) is 0 Å². The summed E-state index contributed by atoms with van der Waals surface area (Å²) >= 11 is 1.90. The maximum atomic E-state index is 4.68. The molecule has 0 saturated carbocycles. The van der Waals surface area contributed by atoms with Crippen molar-refractivity contribution in [3.63, 3.8) is 0 Å². The lowest BCUT2D eigenvalue weighted by atomic mass is 10.1. The average molecular weight is 239 g/mol. The number of thiazole rings is 1. The van der Waals surface area contributed by atoms with Gasteiger partial charge in [0.15, 0.2) is 0 Å². The average Bonchev–Trinajstić information content (AvgIpc) is 2.64. The second-order valence-electron chi connectivity index (χ2n) is 4.48. The van der Waals surface area contributed by atoms with Crippen LogP contribution in [0, 0.1) is 6.92 Å². The van der Waals surface area contributed by atoms with Crippen LogP contribution in [0.15, 0.2) is 0 Å². The van der Waals surface area contributed by atoms with Crippen LogP contribution >= 0.6 is 11.3 Å². The Kier molecular flexibility index (Phi) is 6.70. The Morgan fingerprint density at radius 3 is 2.31 bits per heavy atom. The van der Waals surface area contributed by atoms with Crippen molar-refractivity contribution >= 4 is 11.3 Å². The van der Waals surface area contributed by atoms with Crippen LogP contribution in [0.3, 0.4) is 0 Å². The Labute approximate surface area is 104 Å². The number of rotatable bonds is 8. The molecule has 0 unspecified atom stereocenters. The predicted molar refractivity (Wildman–Crippen MR) is 73.3 cm³/mol. The third-order valence-electron chi connectivity index (χ3n) is 3.02. The van der Waals surface area contributed by atoms with Crippen molar-refractivity contribution in [1.29, 1.82) is 0 Å². The Hall–Kier alpha value is -0.370. The molecule has 0 bridgehead atoms. The maximum absolute atomic E-state index is 4.68. The van der Waals surface area contributed by atoms with Gasteiger partial charge < -0.3 is 0 Å². The van der Waals surface area contributed by atoms with E-state index in [-0.39, 0.29) is 0 Å². The summed E-state index contributed by atoms with van der Waals surface area (Å²) in [5.41, 5.74) is 1.31. The van der Waals surface area contributed by atoms with Gasteiger partial charge in [0.2, 0.25) is 0 Å². The summed E-state index contributed by atoms with van der Waals surface area (Å²) in [6.07, 6.45) is 10.5. The van der Waals surface area contributed by atoms with Gasteiger partial charge in [0, 0.05) is 4.88 Å². The first-order valence-corrected chi connectivity index (χ1v) is 7.54. The molecule has 0 radical (unpaired) electrons. The summed E-state index contributed by atoms with van der Waals surface area (Å²) in [7, 11) is 0. The molecule has 1 aromatic heterocycles. The molecular weight excluding hydrogens is 214 g/mol. The zero-order chi connectivity index (χ0) is 11.8. The topological polar surface area (TPSA) is 12.9 Å². The molecule has 0 aliphatic carbocycles. The van der Waals surface area contributed by atoms with Gasteiger partial charge in [-0.15, -0.1) is 11.3 Å². The number of hydrogen-bond donors (Lipinski definition) is 0. The van der Waals surface area contributed by atoms with Gasteiger partial charge in [-0.2, -0.15) is 0 Å². The molecule has 0 atom stereocenters. The summed E-state index contributed by atoms with van der Waals surface area (Å²) < 4.78 is 0. The highest BCUT2D eigenvalue weighted by molar-refractivity contribution is 7.11. The number of nitrogens with zero attached hydrogens (tertiary/aromatic N) is 1. The van der Waals surface area contributed by atoms with Crippen molar-refractivity contribution in [1.82, 2.24) is 4.98 Å². The molecule has 0 saturated heterocycles. The summed E-state index contributed by atoms with van der Waals surface area (Å²) in [4.78, 5) is 6.10. The van der Waals surface area contributed by atoms with E-state index >= 15 is 0 Å². The number of aryl methyl sites for hydroxylation is 3. The zero-order valence-corrected chi connectivity index (χ0v) is 11.8. The summed E-state index contributed by atoms with van der Waals surface area (Å²) in [5, 5.41) is 1.35. The monoisotopic (exact) mass is 239 g/mol. The quantitative estimate of drug-likeness (QED) is 0.587. The second-order valence-corrected chi connectivity index (χ2v) is 5.77. The van der Waals surface area contributed by atoms with Crippen molar-refractivity contribution in [2.24, 2.45) is 0 Å². The SMILES string of the molecule is CCCCCCCCc1nc(CC)c(C)s1. The summed E-state index contributed by atoms with van der Waals surface area (Å²) in [6.45, 7) is 6.66. The van der Waals surface area contributed by atoms with Crippen LogP contribution in [0.2, 0.25) is 0 Å². The Morgan fingerprint density at radius 1 is 1.00 bits per heavy atom. The minimum absolute atomic E-state index is 1.08. The fraction of sp³-hybridized carbons (Fsp3) is 0.786. The van der Waals surface area contributed by atoms with E-state index in [4.69, 9.17) is 0 Å². The van der Waals surface area contributed by atoms with Crippen molar-refractivity contribution in [2.75, 3.05) is 0 Å². The first kappa shape index (κ1) is 13.7. The number of unbranched alkanes of at least 4 members (excludes halogenated alkanes) is 5. The molecule has 0 aliphatic rings. The van der Waals surface area contributed by atoms with Crippen LogP contribution in [-0.4, -0.2) is 4.98 Å². The smallest absolute Gasteiger partial charge is 0.0930 e. The third-order valence-corrected chi connectivity index (χ3v) is 4.09. The molecule has 0 amide bonds. The number of hydrogen-bond acceptors (Lipinski definition) is 2. The number of aromatic nitrogens is 1. The van der Waals surface area contributed by atoms with E-state index in [0.717, 1.165) is 6.42 Å². The molecular formula is C14H25NS. The normalized spacial score (nSPS) is 10.9. The maximum Gasteiger partial charge on any atom is 0.0930 e. The van der Waals surface area contributed by atoms with Gasteiger partial charge in [0.05, 0.1) is 10.7 Å². The summed E-state index contributed by atoms with van der Waals surface area (Å²) in [6, 6.07) is 0. The molecule has 0 N–H and O–H groups in total. The first-order chi connectivity index (χ1) is 7.77. The summed E-state index contributed by atoms with van der Waals surface area (Å²) in [5.74, 6) is 0. The van der Waals surface area contributed by atoms with Crippen LogP contribution in [0.5, 0.6) is 0 Å². The molecule has 1 aromatic rings. The van der Waals surface area contributed by atoms with Crippen LogP contribution in [0.4, 0.5) is 0 Å². The van der Waals surface area contributed by atoms with E-state index in [1.807, 2.05) is 11.3 Å². The van der Waals surface area contributed by atoms with E-state index in [1.165, 1.54) is 60.5 Å². The molecule has 0 spiro atoms. The molecule has 1 nitrogen and oxygen atoms in total. The third kappa shape index (κ3) is 4.65. The van der Waals surface area contributed by atoms with Gasteiger partial charge in [-0.1, -0.05) is 46.0 Å². The molecule has 0 fully saturated rings. The van der Waals surface area contributed by atoms with Crippen LogP contribution in [-0.2, 0) is 12.8 Å². The van der Waals surface area contributed by atoms with Crippen molar-refractivity contribution in [3.05, 3.63) is 15.6 Å². The first-order valence-electron chi connectivity index (χ1n) is 6.73. The highest BCUT2D eigenvalue weighted by Gasteiger charge is 2.04. The van der Waals surface area contributed by atoms with Gasteiger partial charge >= 0.3 is 0 Å². The Bertz CT molecular complexity index is 291. The largest absolute Gasteiger partial charge is 0.246 e. The fourth-order valence-electron chi connectivity index (χ4n) is 1.98. The fourth-order valence-corrected chi connectivity index (χ4v) is 3.04. The Morgan fingerprint density at radius 2 is 1.69 bits per heavy atom. The molecule has 16 heavy (non-hydrogen) atoms. The van der Waals surface area contributed by atoms with Gasteiger partial charge in [0.25, 0.3) is 0 Å². The van der Waals surface area contributed by atoms with Gasteiger partial charge in [-0.3, -0.25) is 0 Å². The predicted octanol–water partition coefficient (Wildman–Crippen LogP) is 4.92. The lowest BCUT2D eigenvalue weighted by Crippen LogP contribution is -1.87. The molecule has 92 valence electrons. The molecule has 1 heterocycles. The van der Waals surface area contributed by atoms with Crippen molar-refractivity contribution in [3.8, 4) is 0 Å². The van der Waals surface area contributed by atoms with E-state index in [1.54, 1.807) is 0 Å². The minimum Gasteiger partial charge on any atom is -0.246 e. The lowest BCUT2D eigenvalue weighted by molar-refractivity contribution is 0.606. The van der Waals surface area contributed by atoms with Gasteiger partial charge in [-0.05, 0) is 26.2 Å². The lowest BCUT2D eigenvalue weighted by Gasteiger charge is -1.98. The van der Waals surface area contributed by atoms with Crippen LogP contribution in [0.1, 0.15) is 68.0 Å². The molecule has 0 aromatic carbocycles. The minimum atomic E-state index is 1.08. The van der Waals surface area contributed by atoms with Gasteiger partial charge in [0.1, 0.15) is 0 Å². The highest BCUT2D eigenvalue weighted by Crippen LogP contribution is 2.20. The molecule has 2 heteroatoms. The van der Waals surface area contributed by atoms with E-state index in [9.17, 15) is 0 Å². The van der Waals surface area contributed by atoms with Crippen LogP contribution < -0.4 is 0 Å². The second kappa shape index (κ2) is 7.83. The van der Waals surface area contributed by atoms with E-state index in [2.05, 4.69) is 25.8 Å². The highest BCUT2D eigenvalue weighted by atomic mass is 32.1.